The number of aromatic nitrogens is 1. The number of hydrogen-bond acceptors (Lipinski definition) is 4. The summed E-state index contributed by atoms with van der Waals surface area (Å²) in [5, 5.41) is 6.16. The number of aryl methyl sites for hydroxylation is 1. The van der Waals surface area contributed by atoms with Gasteiger partial charge in [-0.15, -0.1) is 13.7 Å². The maximum Gasteiger partial charge on any atom is 0.459 e. The number of nitroso groups, excluding NO2 is 1. The van der Waals surface area contributed by atoms with Crippen molar-refractivity contribution in [3.05, 3.63) is 21.1 Å². The Labute approximate surface area is 135 Å². The summed E-state index contributed by atoms with van der Waals surface area (Å²) in [6.45, 7) is -0.112. The molecule has 0 bridgehead atoms. The first-order valence-corrected chi connectivity index (χ1v) is 8.01. The molecule has 5 nitrogen and oxygen atoms in total. The lowest BCUT2D eigenvalue weighted by atomic mass is 9.87. The molecule has 0 amide bonds. The first-order valence-electron chi connectivity index (χ1n) is 7.22. The number of anilines is 1. The van der Waals surface area contributed by atoms with Gasteiger partial charge in [0.1, 0.15) is 11.5 Å². The average molecular weight is 379 g/mol. The quantitative estimate of drug-likeness (QED) is 0.593. The minimum Gasteiger partial charge on any atom is -0.376 e. The maximum absolute atomic E-state index is 12.2. The Morgan fingerprint density at radius 3 is 2.73 bits per heavy atom. The van der Waals surface area contributed by atoms with Crippen LogP contribution in [0.3, 0.4) is 0 Å². The smallest absolute Gasteiger partial charge is 0.376 e. The summed E-state index contributed by atoms with van der Waals surface area (Å²) in [6.07, 6.45) is 2.95. The van der Waals surface area contributed by atoms with Crippen LogP contribution in [0.15, 0.2) is 15.7 Å². The van der Waals surface area contributed by atoms with Crippen molar-refractivity contribution in [1.29, 1.82) is 0 Å². The molecule has 1 fully saturated rings. The van der Waals surface area contributed by atoms with Crippen LogP contribution in [0, 0.1) is 17.7 Å². The van der Waals surface area contributed by atoms with E-state index in [2.05, 4.69) is 36.1 Å². The average Bonchev–Trinajstić information content (AvgIpc) is 2.48. The Morgan fingerprint density at radius 2 is 2.14 bits per heavy atom. The van der Waals surface area contributed by atoms with Gasteiger partial charge in [-0.25, -0.2) is 4.98 Å². The van der Waals surface area contributed by atoms with E-state index in [1.807, 2.05) is 0 Å². The molecule has 1 aromatic heterocycles. The highest BCUT2D eigenvalue weighted by molar-refractivity contribution is 9.10. The lowest BCUT2D eigenvalue weighted by Crippen LogP contribution is -2.29. The van der Waals surface area contributed by atoms with E-state index in [0.29, 0.717) is 40.4 Å². The van der Waals surface area contributed by atoms with E-state index in [9.17, 15) is 13.7 Å². The highest BCUT2D eigenvalue weighted by Gasteiger charge is 2.27. The van der Waals surface area contributed by atoms with Crippen LogP contribution in [0.5, 0.6) is 0 Å². The highest BCUT2D eigenvalue weighted by Crippen LogP contribution is 2.30. The SMILES string of the molecule is Cc1nc(NCC2CCC([OH+]C(F)F)CC2)c(Br)cc1N=O. The lowest BCUT2D eigenvalue weighted by Gasteiger charge is -2.26. The van der Waals surface area contributed by atoms with E-state index in [-0.39, 0.29) is 6.10 Å². The summed E-state index contributed by atoms with van der Waals surface area (Å²) in [5.41, 5.74) is 0.881. The number of halogens is 3. The summed E-state index contributed by atoms with van der Waals surface area (Å²) in [6, 6.07) is 1.64. The molecule has 2 rings (SSSR count). The summed E-state index contributed by atoms with van der Waals surface area (Å²) in [5.74, 6) is 1.09. The van der Waals surface area contributed by atoms with Crippen molar-refractivity contribution >= 4 is 27.4 Å². The van der Waals surface area contributed by atoms with Crippen LogP contribution in [0.4, 0.5) is 20.3 Å². The minimum absolute atomic E-state index is 0.207. The summed E-state index contributed by atoms with van der Waals surface area (Å²) in [7, 11) is 0. The molecule has 0 unspecified atom stereocenters. The number of rotatable bonds is 6. The molecule has 122 valence electrons. The fraction of sp³-hybridized carbons (Fsp3) is 0.643. The summed E-state index contributed by atoms with van der Waals surface area (Å²) < 4.78 is 28.5. The number of hydrogen-bond donors (Lipinski definition) is 1. The normalized spacial score (nSPS) is 21.9. The van der Waals surface area contributed by atoms with Gasteiger partial charge < -0.3 is 10.1 Å². The zero-order valence-corrected chi connectivity index (χ0v) is 13.8. The van der Waals surface area contributed by atoms with Gasteiger partial charge in [0.25, 0.3) is 0 Å². The molecule has 1 saturated carbocycles. The number of pyridine rings is 1. The molecule has 22 heavy (non-hydrogen) atoms. The second-order valence-corrected chi connectivity index (χ2v) is 6.35. The standard InChI is InChI=1S/C14H18BrF2N3O2/c1-8-12(20-21)6-11(15)13(19-8)18-7-9-2-4-10(5-3-9)22-14(16)17/h6,9-10,14H,2-5,7H2,1H3,(H,18,19)/p+1. The molecule has 1 heterocycles. The molecule has 0 atom stereocenters. The first kappa shape index (κ1) is 17.2. The van der Waals surface area contributed by atoms with Crippen LogP contribution in [-0.2, 0) is 0 Å². The van der Waals surface area contributed by atoms with Gasteiger partial charge in [-0.1, -0.05) is 0 Å². The second kappa shape index (κ2) is 7.92. The third-order valence-corrected chi connectivity index (χ3v) is 4.54. The molecule has 0 spiro atoms. The van der Waals surface area contributed by atoms with Gasteiger partial charge in [0, 0.05) is 19.4 Å². The fourth-order valence-corrected chi connectivity index (χ4v) is 3.13. The minimum atomic E-state index is -2.56. The summed E-state index contributed by atoms with van der Waals surface area (Å²) in [4.78, 5) is 14.9. The molecular formula is C14H19BrF2N3O2+. The Morgan fingerprint density at radius 1 is 1.45 bits per heavy atom. The van der Waals surface area contributed by atoms with Crippen LogP contribution in [-0.4, -0.2) is 29.0 Å². The van der Waals surface area contributed by atoms with E-state index in [1.165, 1.54) is 0 Å². The number of nitrogens with zero attached hydrogens (tertiary/aromatic N) is 2. The fourth-order valence-electron chi connectivity index (χ4n) is 2.69. The Bertz CT molecular complexity index is 523. The van der Waals surface area contributed by atoms with Crippen molar-refractivity contribution in [2.45, 2.75) is 45.3 Å². The van der Waals surface area contributed by atoms with E-state index < -0.39 is 6.61 Å². The third-order valence-electron chi connectivity index (χ3n) is 3.94. The van der Waals surface area contributed by atoms with Crippen molar-refractivity contribution < 1.29 is 13.5 Å². The topological polar surface area (TPSA) is 67.2 Å². The van der Waals surface area contributed by atoms with E-state index >= 15 is 0 Å². The van der Waals surface area contributed by atoms with E-state index in [4.69, 9.17) is 0 Å². The molecule has 1 aliphatic rings. The van der Waals surface area contributed by atoms with Crippen molar-refractivity contribution in [1.82, 2.24) is 4.98 Å². The van der Waals surface area contributed by atoms with Crippen LogP contribution in [0.1, 0.15) is 31.4 Å². The van der Waals surface area contributed by atoms with E-state index in [0.717, 1.165) is 19.4 Å². The molecule has 0 radical (unpaired) electrons. The summed E-state index contributed by atoms with van der Waals surface area (Å²) >= 11 is 3.36. The van der Waals surface area contributed by atoms with Crippen molar-refractivity contribution in [3.63, 3.8) is 0 Å². The molecule has 1 aliphatic carbocycles. The van der Waals surface area contributed by atoms with Crippen molar-refractivity contribution in [2.24, 2.45) is 11.1 Å². The van der Waals surface area contributed by atoms with Crippen molar-refractivity contribution in [3.8, 4) is 0 Å². The number of aliphatic hydroxyl groups is 2. The highest BCUT2D eigenvalue weighted by atomic mass is 79.9. The molecular weight excluding hydrogens is 360 g/mol. The Hall–Kier alpha value is -1.15. The van der Waals surface area contributed by atoms with Gasteiger partial charge in [-0.2, -0.15) is 0 Å². The molecule has 1 aromatic rings. The first-order chi connectivity index (χ1) is 10.5. The lowest BCUT2D eigenvalue weighted by molar-refractivity contribution is -0.280. The van der Waals surface area contributed by atoms with Gasteiger partial charge in [0.15, 0.2) is 6.10 Å². The largest absolute Gasteiger partial charge is 0.459 e. The molecule has 0 aliphatic heterocycles. The molecule has 0 saturated heterocycles. The van der Waals surface area contributed by atoms with Gasteiger partial charge in [-0.3, -0.25) is 0 Å². The van der Waals surface area contributed by atoms with Gasteiger partial charge in [0.05, 0.1) is 10.2 Å². The van der Waals surface area contributed by atoms with Crippen LogP contribution < -0.4 is 5.32 Å². The molecule has 0 aromatic carbocycles. The van der Waals surface area contributed by atoms with Gasteiger partial charge in [-0.05, 0) is 52.9 Å². The predicted molar refractivity (Wildman–Crippen MR) is 84.6 cm³/mol. The van der Waals surface area contributed by atoms with Crippen LogP contribution in [0.25, 0.3) is 0 Å². The zero-order valence-electron chi connectivity index (χ0n) is 12.2. The van der Waals surface area contributed by atoms with Gasteiger partial charge in [0.2, 0.25) is 0 Å². The van der Waals surface area contributed by atoms with Gasteiger partial charge >= 0.3 is 6.61 Å². The van der Waals surface area contributed by atoms with E-state index in [1.54, 1.807) is 13.0 Å². The molecule has 8 heteroatoms. The van der Waals surface area contributed by atoms with Crippen LogP contribution in [0.2, 0.25) is 0 Å². The monoisotopic (exact) mass is 378 g/mol. The zero-order chi connectivity index (χ0) is 16.1. The Balaban J connectivity index is 1.84. The van der Waals surface area contributed by atoms with Crippen LogP contribution >= 0.6 is 15.9 Å². The predicted octanol–water partition coefficient (Wildman–Crippen LogP) is 4.27. The number of alkyl halides is 2. The molecule has 2 N–H and O–H groups in total. The second-order valence-electron chi connectivity index (χ2n) is 5.50. The third kappa shape index (κ3) is 4.67. The maximum atomic E-state index is 12.2. The number of nitrogens with one attached hydrogen (secondary N) is 1. The van der Waals surface area contributed by atoms with Crippen molar-refractivity contribution in [2.75, 3.05) is 11.9 Å². The number of ether oxygens (including phenoxy) is 1. The Kier molecular flexibility index (Phi) is 6.19.